The van der Waals surface area contributed by atoms with Gasteiger partial charge in [-0.15, -0.1) is 11.3 Å². The maximum absolute atomic E-state index is 12.4. The summed E-state index contributed by atoms with van der Waals surface area (Å²) in [5.41, 5.74) is 1.04. The normalized spacial score (nSPS) is 16.2. The lowest BCUT2D eigenvalue weighted by atomic mass is 9.95. The van der Waals surface area contributed by atoms with Crippen molar-refractivity contribution in [2.75, 3.05) is 19.6 Å². The first-order valence-corrected chi connectivity index (χ1v) is 8.12. The second kappa shape index (κ2) is 6.88. The quantitative estimate of drug-likeness (QED) is 0.927. The molecule has 1 aliphatic heterocycles. The van der Waals surface area contributed by atoms with Crippen LogP contribution >= 0.6 is 11.3 Å². The number of thiophene rings is 1. The van der Waals surface area contributed by atoms with Gasteiger partial charge in [-0.05, 0) is 43.2 Å². The molecule has 110 valence electrons. The Hall–Kier alpha value is -1.36. The lowest BCUT2D eigenvalue weighted by molar-refractivity contribution is -0.126. The first-order chi connectivity index (χ1) is 9.63. The minimum atomic E-state index is 0.0648. The van der Waals surface area contributed by atoms with Gasteiger partial charge in [-0.2, -0.15) is 0 Å². The van der Waals surface area contributed by atoms with Crippen molar-refractivity contribution in [1.82, 2.24) is 10.2 Å². The molecule has 2 amide bonds. The van der Waals surface area contributed by atoms with Crippen LogP contribution in [0.5, 0.6) is 0 Å². The van der Waals surface area contributed by atoms with Gasteiger partial charge >= 0.3 is 0 Å². The van der Waals surface area contributed by atoms with E-state index in [1.54, 1.807) is 0 Å². The molecular formula is C15H22N2O2S. The van der Waals surface area contributed by atoms with Crippen molar-refractivity contribution in [3.05, 3.63) is 21.9 Å². The van der Waals surface area contributed by atoms with E-state index in [0.717, 1.165) is 36.2 Å². The topological polar surface area (TPSA) is 49.4 Å². The number of carbonyl (C=O) groups excluding carboxylic acids is 2. The molecule has 5 heteroatoms. The standard InChI is InChI=1S/C15H22N2O2S/c1-3-7-16-14(18)12-4-8-17(9-5-12)15(19)13-11(2)6-10-20-13/h6,10,12H,3-5,7-9H2,1-2H3,(H,16,18). The molecule has 1 fully saturated rings. The summed E-state index contributed by atoms with van der Waals surface area (Å²) in [5, 5.41) is 4.89. The summed E-state index contributed by atoms with van der Waals surface area (Å²) in [7, 11) is 0. The van der Waals surface area contributed by atoms with Crippen LogP contribution in [0, 0.1) is 12.8 Å². The van der Waals surface area contributed by atoms with E-state index in [9.17, 15) is 9.59 Å². The highest BCUT2D eigenvalue weighted by atomic mass is 32.1. The van der Waals surface area contributed by atoms with E-state index in [4.69, 9.17) is 0 Å². The smallest absolute Gasteiger partial charge is 0.264 e. The Morgan fingerprint density at radius 3 is 2.65 bits per heavy atom. The molecule has 0 unspecified atom stereocenters. The molecule has 0 aromatic carbocycles. The minimum Gasteiger partial charge on any atom is -0.356 e. The Kier molecular flexibility index (Phi) is 5.17. The highest BCUT2D eigenvalue weighted by molar-refractivity contribution is 7.12. The van der Waals surface area contributed by atoms with Crippen molar-refractivity contribution < 1.29 is 9.59 Å². The van der Waals surface area contributed by atoms with Crippen molar-refractivity contribution in [2.45, 2.75) is 33.1 Å². The molecule has 1 saturated heterocycles. The van der Waals surface area contributed by atoms with E-state index < -0.39 is 0 Å². The Morgan fingerprint density at radius 2 is 2.10 bits per heavy atom. The van der Waals surface area contributed by atoms with Crippen LogP contribution in [-0.4, -0.2) is 36.3 Å². The molecule has 2 heterocycles. The number of likely N-dealkylation sites (tertiary alicyclic amines) is 1. The van der Waals surface area contributed by atoms with Gasteiger partial charge in [-0.3, -0.25) is 9.59 Å². The minimum absolute atomic E-state index is 0.0648. The lowest BCUT2D eigenvalue weighted by Gasteiger charge is -2.31. The average Bonchev–Trinajstić information content (AvgIpc) is 2.90. The fraction of sp³-hybridized carbons (Fsp3) is 0.600. The fourth-order valence-electron chi connectivity index (χ4n) is 2.47. The van der Waals surface area contributed by atoms with Gasteiger partial charge in [0, 0.05) is 25.6 Å². The summed E-state index contributed by atoms with van der Waals surface area (Å²) in [6.07, 6.45) is 2.50. The molecule has 0 spiro atoms. The molecule has 1 aromatic heterocycles. The van der Waals surface area contributed by atoms with E-state index in [1.165, 1.54) is 11.3 Å². The number of hydrogen-bond donors (Lipinski definition) is 1. The number of nitrogens with one attached hydrogen (secondary N) is 1. The molecule has 0 saturated carbocycles. The SMILES string of the molecule is CCCNC(=O)C1CCN(C(=O)c2sccc2C)CC1. The third-order valence-corrected chi connectivity index (χ3v) is 4.76. The first kappa shape index (κ1) is 15.0. The Morgan fingerprint density at radius 1 is 1.40 bits per heavy atom. The molecule has 1 aromatic rings. The summed E-state index contributed by atoms with van der Waals surface area (Å²) in [6.45, 7) is 6.12. The molecule has 4 nitrogen and oxygen atoms in total. The average molecular weight is 294 g/mol. The van der Waals surface area contributed by atoms with Gasteiger partial charge in [0.1, 0.15) is 0 Å². The van der Waals surface area contributed by atoms with Gasteiger partial charge in [-0.25, -0.2) is 0 Å². The molecule has 0 bridgehead atoms. The van der Waals surface area contributed by atoms with E-state index in [0.29, 0.717) is 13.1 Å². The lowest BCUT2D eigenvalue weighted by Crippen LogP contribution is -2.43. The Balaban J connectivity index is 1.87. The number of rotatable bonds is 4. The largest absolute Gasteiger partial charge is 0.356 e. The molecular weight excluding hydrogens is 272 g/mol. The van der Waals surface area contributed by atoms with Crippen molar-refractivity contribution in [3.8, 4) is 0 Å². The molecule has 0 atom stereocenters. The number of nitrogens with zero attached hydrogens (tertiary/aromatic N) is 1. The summed E-state index contributed by atoms with van der Waals surface area (Å²) < 4.78 is 0. The van der Waals surface area contributed by atoms with Crippen LogP contribution in [0.1, 0.15) is 41.4 Å². The van der Waals surface area contributed by atoms with Crippen LogP contribution in [0.2, 0.25) is 0 Å². The zero-order valence-corrected chi connectivity index (χ0v) is 13.0. The first-order valence-electron chi connectivity index (χ1n) is 7.24. The second-order valence-electron chi connectivity index (χ2n) is 5.29. The maximum Gasteiger partial charge on any atom is 0.264 e. The molecule has 1 aliphatic rings. The van der Waals surface area contributed by atoms with Gasteiger partial charge in [0.05, 0.1) is 4.88 Å². The van der Waals surface area contributed by atoms with E-state index >= 15 is 0 Å². The van der Waals surface area contributed by atoms with Crippen LogP contribution in [0.25, 0.3) is 0 Å². The number of amides is 2. The molecule has 0 aliphatic carbocycles. The van der Waals surface area contributed by atoms with Crippen LogP contribution in [-0.2, 0) is 4.79 Å². The van der Waals surface area contributed by atoms with Crippen LogP contribution in [0.4, 0.5) is 0 Å². The second-order valence-corrected chi connectivity index (χ2v) is 6.21. The monoisotopic (exact) mass is 294 g/mol. The van der Waals surface area contributed by atoms with E-state index in [1.807, 2.05) is 30.2 Å². The summed E-state index contributed by atoms with van der Waals surface area (Å²) in [6, 6.07) is 1.98. The fourth-order valence-corrected chi connectivity index (χ4v) is 3.36. The highest BCUT2D eigenvalue weighted by Crippen LogP contribution is 2.23. The maximum atomic E-state index is 12.4. The van der Waals surface area contributed by atoms with Crippen molar-refractivity contribution in [2.24, 2.45) is 5.92 Å². The van der Waals surface area contributed by atoms with E-state index in [2.05, 4.69) is 5.32 Å². The highest BCUT2D eigenvalue weighted by Gasteiger charge is 2.28. The van der Waals surface area contributed by atoms with Crippen LogP contribution in [0.3, 0.4) is 0 Å². The van der Waals surface area contributed by atoms with Crippen LogP contribution < -0.4 is 5.32 Å². The van der Waals surface area contributed by atoms with Crippen LogP contribution in [0.15, 0.2) is 11.4 Å². The van der Waals surface area contributed by atoms with Crippen molar-refractivity contribution in [1.29, 1.82) is 0 Å². The number of hydrogen-bond acceptors (Lipinski definition) is 3. The van der Waals surface area contributed by atoms with Crippen molar-refractivity contribution >= 4 is 23.2 Å². The molecule has 0 radical (unpaired) electrons. The number of carbonyl (C=O) groups is 2. The predicted octanol–water partition coefficient (Wildman–Crippen LogP) is 2.43. The van der Waals surface area contributed by atoms with Gasteiger partial charge < -0.3 is 10.2 Å². The zero-order valence-electron chi connectivity index (χ0n) is 12.1. The van der Waals surface area contributed by atoms with Gasteiger partial charge in [0.2, 0.25) is 5.91 Å². The number of aryl methyl sites for hydroxylation is 1. The zero-order chi connectivity index (χ0) is 14.5. The summed E-state index contributed by atoms with van der Waals surface area (Å²) in [4.78, 5) is 27.0. The van der Waals surface area contributed by atoms with E-state index in [-0.39, 0.29) is 17.7 Å². The molecule has 1 N–H and O–H groups in total. The number of piperidine rings is 1. The summed E-state index contributed by atoms with van der Waals surface area (Å²) >= 11 is 1.50. The third kappa shape index (κ3) is 3.39. The van der Waals surface area contributed by atoms with Gasteiger partial charge in [0.15, 0.2) is 0 Å². The Labute approximate surface area is 124 Å². The molecule has 20 heavy (non-hydrogen) atoms. The third-order valence-electron chi connectivity index (χ3n) is 3.76. The van der Waals surface area contributed by atoms with Gasteiger partial charge in [0.25, 0.3) is 5.91 Å². The van der Waals surface area contributed by atoms with Crippen molar-refractivity contribution in [3.63, 3.8) is 0 Å². The predicted molar refractivity (Wildman–Crippen MR) is 81.0 cm³/mol. The van der Waals surface area contributed by atoms with Gasteiger partial charge in [-0.1, -0.05) is 6.92 Å². The summed E-state index contributed by atoms with van der Waals surface area (Å²) in [5.74, 6) is 0.325. The Bertz CT molecular complexity index is 476. The molecule has 2 rings (SSSR count).